The van der Waals surface area contributed by atoms with Crippen LogP contribution in [0, 0.1) is 0 Å². The van der Waals surface area contributed by atoms with Crippen LogP contribution in [0.5, 0.6) is 0 Å². The summed E-state index contributed by atoms with van der Waals surface area (Å²) in [7, 11) is -1.73. The van der Waals surface area contributed by atoms with Crippen molar-refractivity contribution >= 4 is 21.0 Å². The van der Waals surface area contributed by atoms with Gasteiger partial charge in [0.1, 0.15) is 19.1 Å². The first-order chi connectivity index (χ1) is 15.8. The van der Waals surface area contributed by atoms with E-state index in [1.54, 1.807) is 18.2 Å². The average molecular weight is 466 g/mol. The number of nitrogens with one attached hydrogen (secondary N) is 1. The van der Waals surface area contributed by atoms with Crippen LogP contribution >= 0.6 is 0 Å². The molecule has 4 aromatic rings. The summed E-state index contributed by atoms with van der Waals surface area (Å²) >= 11 is 0. The molecule has 1 atom stereocenters. The van der Waals surface area contributed by atoms with Gasteiger partial charge in [-0.1, -0.05) is 60.7 Å². The molecular formula is C26H29N2O4S+. The standard InChI is InChI=1S/C20H23N2O.C6H6O3S/c1-22(12-15-6-2-3-7-16(15)13-22)18(14-23)10-17-11-21-20-9-5-4-8-19(17)20;7-10(8,9)6-4-2-1-3-5-6/h2-9,11,18,21,23H,10,12-14H2,1H3;1-5H,(H,7,8,9)/q+1;. The maximum absolute atomic E-state index is 10.4. The van der Waals surface area contributed by atoms with E-state index >= 15 is 0 Å². The van der Waals surface area contributed by atoms with Crippen LogP contribution in [0.2, 0.25) is 0 Å². The molecule has 0 aliphatic carbocycles. The second-order valence-corrected chi connectivity index (χ2v) is 10.2. The number of fused-ring (bicyclic) bond motifs is 2. The number of aromatic amines is 1. The normalized spacial score (nSPS) is 15.5. The Balaban J connectivity index is 0.000000219. The van der Waals surface area contributed by atoms with Crippen molar-refractivity contribution in [2.75, 3.05) is 13.7 Å². The number of hydrogen-bond donors (Lipinski definition) is 3. The van der Waals surface area contributed by atoms with Crippen molar-refractivity contribution in [2.45, 2.75) is 30.4 Å². The number of hydrogen-bond acceptors (Lipinski definition) is 3. The number of nitrogens with zero attached hydrogens (tertiary/aromatic N) is 1. The van der Waals surface area contributed by atoms with Crippen LogP contribution in [0.1, 0.15) is 16.7 Å². The van der Waals surface area contributed by atoms with Gasteiger partial charge in [-0.15, -0.1) is 0 Å². The molecule has 3 N–H and O–H groups in total. The lowest BCUT2D eigenvalue weighted by atomic mass is 10.0. The van der Waals surface area contributed by atoms with Gasteiger partial charge in [-0.25, -0.2) is 0 Å². The number of aliphatic hydroxyl groups excluding tert-OH is 1. The van der Waals surface area contributed by atoms with Gasteiger partial charge >= 0.3 is 0 Å². The minimum absolute atomic E-state index is 0.0741. The van der Waals surface area contributed by atoms with Gasteiger partial charge in [0, 0.05) is 34.6 Å². The van der Waals surface area contributed by atoms with E-state index < -0.39 is 10.1 Å². The van der Waals surface area contributed by atoms with Crippen LogP contribution in [0.15, 0.2) is 90.0 Å². The number of benzene rings is 3. The Bertz CT molecular complexity index is 1310. The summed E-state index contributed by atoms with van der Waals surface area (Å²) in [6.45, 7) is 2.22. The summed E-state index contributed by atoms with van der Waals surface area (Å²) in [4.78, 5) is 3.28. The van der Waals surface area contributed by atoms with Crippen LogP contribution in [0.25, 0.3) is 10.9 Å². The van der Waals surface area contributed by atoms with E-state index in [1.807, 2.05) is 0 Å². The predicted molar refractivity (Wildman–Crippen MR) is 129 cm³/mol. The number of para-hydroxylation sites is 1. The molecule has 1 aliphatic rings. The maximum Gasteiger partial charge on any atom is 0.294 e. The van der Waals surface area contributed by atoms with Gasteiger partial charge in [-0.2, -0.15) is 8.42 Å². The molecule has 1 aromatic heterocycles. The van der Waals surface area contributed by atoms with Crippen LogP contribution < -0.4 is 0 Å². The lowest BCUT2D eigenvalue weighted by Gasteiger charge is -2.37. The van der Waals surface area contributed by atoms with E-state index in [0.29, 0.717) is 0 Å². The monoisotopic (exact) mass is 465 g/mol. The summed E-state index contributed by atoms with van der Waals surface area (Å²) in [5.74, 6) is 0. The van der Waals surface area contributed by atoms with E-state index in [-0.39, 0.29) is 17.5 Å². The van der Waals surface area contributed by atoms with Gasteiger partial charge in [0.2, 0.25) is 0 Å². The van der Waals surface area contributed by atoms with Crippen molar-refractivity contribution in [3.8, 4) is 0 Å². The van der Waals surface area contributed by atoms with Gasteiger partial charge in [-0.3, -0.25) is 4.55 Å². The van der Waals surface area contributed by atoms with Gasteiger partial charge in [0.15, 0.2) is 0 Å². The number of quaternary nitrogens is 1. The average Bonchev–Trinajstić information content (AvgIpc) is 3.38. The first kappa shape index (κ1) is 23.2. The topological polar surface area (TPSA) is 90.4 Å². The Hall–Kier alpha value is -2.97. The van der Waals surface area contributed by atoms with Crippen LogP contribution in [-0.4, -0.2) is 47.2 Å². The highest BCUT2D eigenvalue weighted by Crippen LogP contribution is 2.32. The zero-order chi connectivity index (χ0) is 23.5. The zero-order valence-corrected chi connectivity index (χ0v) is 19.4. The smallest absolute Gasteiger partial charge is 0.294 e. The Kier molecular flexibility index (Phi) is 6.67. The third-order valence-electron chi connectivity index (χ3n) is 6.45. The number of rotatable bonds is 5. The molecule has 33 heavy (non-hydrogen) atoms. The third-order valence-corrected chi connectivity index (χ3v) is 7.31. The molecule has 0 spiro atoms. The maximum atomic E-state index is 10.4. The molecule has 172 valence electrons. The van der Waals surface area contributed by atoms with Crippen molar-refractivity contribution in [3.63, 3.8) is 0 Å². The first-order valence-electron chi connectivity index (χ1n) is 10.9. The van der Waals surface area contributed by atoms with E-state index in [0.717, 1.165) is 24.0 Å². The van der Waals surface area contributed by atoms with E-state index in [1.165, 1.54) is 39.7 Å². The molecule has 2 heterocycles. The van der Waals surface area contributed by atoms with E-state index in [2.05, 4.69) is 66.8 Å². The fraction of sp³-hybridized carbons (Fsp3) is 0.231. The summed E-state index contributed by atoms with van der Waals surface area (Å²) in [5.41, 5.74) is 5.32. The van der Waals surface area contributed by atoms with Crippen molar-refractivity contribution < 1.29 is 22.6 Å². The number of aliphatic hydroxyl groups is 1. The molecule has 0 saturated heterocycles. The molecule has 0 bridgehead atoms. The Morgan fingerprint density at radius 1 is 0.909 bits per heavy atom. The molecule has 1 unspecified atom stereocenters. The molecular weight excluding hydrogens is 436 g/mol. The Labute approximate surface area is 194 Å². The molecule has 5 rings (SSSR count). The molecule has 0 amide bonds. The predicted octanol–water partition coefficient (Wildman–Crippen LogP) is 4.17. The van der Waals surface area contributed by atoms with Crippen molar-refractivity contribution in [2.24, 2.45) is 0 Å². The second-order valence-electron chi connectivity index (χ2n) is 8.75. The summed E-state index contributed by atoms with van der Waals surface area (Å²) < 4.78 is 30.1. The number of likely N-dealkylation sites (N-methyl/N-ethyl adjacent to an activating group) is 1. The van der Waals surface area contributed by atoms with E-state index in [9.17, 15) is 13.5 Å². The van der Waals surface area contributed by atoms with Crippen LogP contribution in [-0.2, 0) is 29.6 Å². The van der Waals surface area contributed by atoms with Gasteiger partial charge < -0.3 is 14.6 Å². The fourth-order valence-electron chi connectivity index (χ4n) is 4.59. The minimum Gasteiger partial charge on any atom is -0.390 e. The summed E-state index contributed by atoms with van der Waals surface area (Å²) in [6, 6.07) is 24.7. The quantitative estimate of drug-likeness (QED) is 0.305. The molecule has 1 aliphatic heterocycles. The van der Waals surface area contributed by atoms with Gasteiger partial charge in [-0.05, 0) is 23.8 Å². The minimum atomic E-state index is -4.00. The molecule has 3 aromatic carbocycles. The lowest BCUT2D eigenvalue weighted by Crippen LogP contribution is -2.50. The highest BCUT2D eigenvalue weighted by atomic mass is 32.2. The van der Waals surface area contributed by atoms with E-state index in [4.69, 9.17) is 4.55 Å². The van der Waals surface area contributed by atoms with Crippen LogP contribution in [0.4, 0.5) is 0 Å². The van der Waals surface area contributed by atoms with Gasteiger partial charge in [0.05, 0.1) is 18.6 Å². The molecule has 6 nitrogen and oxygen atoms in total. The SMILES string of the molecule is C[N+]1(C(CO)Cc2c[nH]c3ccccc23)Cc2ccccc2C1.O=S(=O)(O)c1ccccc1. The van der Waals surface area contributed by atoms with Crippen molar-refractivity contribution in [3.05, 3.63) is 102 Å². The zero-order valence-electron chi connectivity index (χ0n) is 18.6. The summed E-state index contributed by atoms with van der Waals surface area (Å²) in [6.07, 6.45) is 2.99. The highest BCUT2D eigenvalue weighted by Gasteiger charge is 2.38. The fourth-order valence-corrected chi connectivity index (χ4v) is 5.09. The molecule has 0 radical (unpaired) electrons. The van der Waals surface area contributed by atoms with Crippen LogP contribution in [0.3, 0.4) is 0 Å². The first-order valence-corrected chi connectivity index (χ1v) is 12.3. The number of H-pyrrole nitrogens is 1. The van der Waals surface area contributed by atoms with Crippen molar-refractivity contribution in [1.29, 1.82) is 0 Å². The molecule has 7 heteroatoms. The Morgan fingerprint density at radius 3 is 2.06 bits per heavy atom. The van der Waals surface area contributed by atoms with Crippen molar-refractivity contribution in [1.82, 2.24) is 4.98 Å². The number of aromatic nitrogens is 1. The second kappa shape index (κ2) is 9.49. The largest absolute Gasteiger partial charge is 0.390 e. The lowest BCUT2D eigenvalue weighted by molar-refractivity contribution is -0.952. The Morgan fingerprint density at radius 2 is 1.48 bits per heavy atom. The molecule has 0 fully saturated rings. The third kappa shape index (κ3) is 5.17. The van der Waals surface area contributed by atoms with Gasteiger partial charge in [0.25, 0.3) is 10.1 Å². The highest BCUT2D eigenvalue weighted by molar-refractivity contribution is 7.85. The molecule has 0 saturated carbocycles. The summed E-state index contributed by atoms with van der Waals surface area (Å²) in [5, 5.41) is 11.3.